The van der Waals surface area contributed by atoms with Crippen LogP contribution in [0.2, 0.25) is 0 Å². The Kier molecular flexibility index (Phi) is 5.16. The highest BCUT2D eigenvalue weighted by molar-refractivity contribution is 5.79. The minimum absolute atomic E-state index is 0.246. The molecule has 2 heterocycles. The number of nitrogens with zero attached hydrogens (tertiary/aromatic N) is 1. The second-order valence-corrected chi connectivity index (χ2v) is 5.54. The minimum atomic E-state index is -1.76. The molecule has 0 saturated carbocycles. The fourth-order valence-corrected chi connectivity index (χ4v) is 2.85. The first-order chi connectivity index (χ1) is 9.14. The maximum atomic E-state index is 14.4. The number of carbonyl (C=O) groups excluding carboxylic acids is 1. The Morgan fingerprint density at radius 2 is 2.00 bits per heavy atom. The summed E-state index contributed by atoms with van der Waals surface area (Å²) >= 11 is 0. The molecule has 0 aromatic rings. The molecule has 0 N–H and O–H groups in total. The van der Waals surface area contributed by atoms with Crippen LogP contribution in [0.15, 0.2) is 0 Å². The minimum Gasteiger partial charge on any atom is -0.464 e. The van der Waals surface area contributed by atoms with E-state index in [2.05, 4.69) is 4.90 Å². The molecular formula is C14H24FNO3. The van der Waals surface area contributed by atoms with Gasteiger partial charge in [0.15, 0.2) is 0 Å². The van der Waals surface area contributed by atoms with Gasteiger partial charge in [0, 0.05) is 45.7 Å². The summed E-state index contributed by atoms with van der Waals surface area (Å²) in [7, 11) is 0. The molecule has 0 bridgehead atoms. The molecule has 19 heavy (non-hydrogen) atoms. The molecule has 2 aliphatic heterocycles. The summed E-state index contributed by atoms with van der Waals surface area (Å²) in [4.78, 5) is 13.9. The van der Waals surface area contributed by atoms with Crippen LogP contribution >= 0.6 is 0 Å². The molecule has 0 spiro atoms. The van der Waals surface area contributed by atoms with Gasteiger partial charge in [-0.2, -0.15) is 0 Å². The van der Waals surface area contributed by atoms with Gasteiger partial charge >= 0.3 is 5.97 Å². The largest absolute Gasteiger partial charge is 0.464 e. The molecule has 0 atom stereocenters. The van der Waals surface area contributed by atoms with Crippen LogP contribution < -0.4 is 0 Å². The van der Waals surface area contributed by atoms with E-state index >= 15 is 0 Å². The zero-order chi connectivity index (χ0) is 13.7. The van der Waals surface area contributed by atoms with Crippen LogP contribution in [0.25, 0.3) is 0 Å². The van der Waals surface area contributed by atoms with Gasteiger partial charge in [-0.1, -0.05) is 0 Å². The van der Waals surface area contributed by atoms with E-state index in [0.29, 0.717) is 19.0 Å². The van der Waals surface area contributed by atoms with Crippen molar-refractivity contribution < 1.29 is 18.7 Å². The van der Waals surface area contributed by atoms with E-state index in [1.807, 2.05) is 0 Å². The van der Waals surface area contributed by atoms with E-state index < -0.39 is 11.6 Å². The molecule has 4 nitrogen and oxygen atoms in total. The fraction of sp³-hybridized carbons (Fsp3) is 0.929. The van der Waals surface area contributed by atoms with Gasteiger partial charge in [0.05, 0.1) is 6.61 Å². The summed E-state index contributed by atoms with van der Waals surface area (Å²) < 4.78 is 24.5. The zero-order valence-corrected chi connectivity index (χ0v) is 11.7. The van der Waals surface area contributed by atoms with Crippen molar-refractivity contribution in [2.75, 3.05) is 39.5 Å². The Morgan fingerprint density at radius 1 is 1.37 bits per heavy atom. The zero-order valence-electron chi connectivity index (χ0n) is 11.7. The molecule has 110 valence electrons. The number of piperidine rings is 1. The normalized spacial score (nSPS) is 25.2. The third-order valence-corrected chi connectivity index (χ3v) is 4.15. The van der Waals surface area contributed by atoms with E-state index in [0.717, 1.165) is 32.6 Å². The lowest BCUT2D eigenvalue weighted by molar-refractivity contribution is -0.160. The number of carbonyl (C=O) groups is 1. The maximum Gasteiger partial charge on any atom is 0.343 e. The van der Waals surface area contributed by atoms with Gasteiger partial charge in [0.1, 0.15) is 0 Å². The highest BCUT2D eigenvalue weighted by Gasteiger charge is 2.43. The average molecular weight is 273 g/mol. The van der Waals surface area contributed by atoms with Crippen molar-refractivity contribution >= 4 is 5.97 Å². The van der Waals surface area contributed by atoms with Crippen molar-refractivity contribution in [1.82, 2.24) is 4.90 Å². The first-order valence-electron chi connectivity index (χ1n) is 7.30. The Morgan fingerprint density at radius 3 is 2.58 bits per heavy atom. The number of esters is 1. The molecule has 0 aliphatic carbocycles. The number of hydrogen-bond donors (Lipinski definition) is 0. The van der Waals surface area contributed by atoms with E-state index in [9.17, 15) is 9.18 Å². The molecule has 0 amide bonds. The van der Waals surface area contributed by atoms with Crippen LogP contribution in [-0.4, -0.2) is 56.0 Å². The van der Waals surface area contributed by atoms with Gasteiger partial charge in [-0.15, -0.1) is 0 Å². The molecule has 0 aromatic heterocycles. The van der Waals surface area contributed by atoms with Crippen molar-refractivity contribution in [2.24, 2.45) is 5.92 Å². The van der Waals surface area contributed by atoms with Gasteiger partial charge in [0.25, 0.3) is 0 Å². The van der Waals surface area contributed by atoms with Gasteiger partial charge in [0.2, 0.25) is 5.67 Å². The molecule has 2 fully saturated rings. The van der Waals surface area contributed by atoms with Crippen LogP contribution in [0, 0.1) is 5.92 Å². The smallest absolute Gasteiger partial charge is 0.343 e. The number of hydrogen-bond acceptors (Lipinski definition) is 4. The first kappa shape index (κ1) is 14.7. The SMILES string of the molecule is CCOC(=O)C1(F)CCN(CC2CCOCC2)CC1. The van der Waals surface area contributed by atoms with E-state index in [1.54, 1.807) is 6.92 Å². The summed E-state index contributed by atoms with van der Waals surface area (Å²) in [6.07, 6.45) is 2.70. The number of likely N-dealkylation sites (tertiary alicyclic amines) is 1. The maximum absolute atomic E-state index is 14.4. The number of halogens is 1. The van der Waals surface area contributed by atoms with Gasteiger partial charge in [-0.25, -0.2) is 9.18 Å². The molecular weight excluding hydrogens is 249 g/mol. The fourth-order valence-electron chi connectivity index (χ4n) is 2.85. The van der Waals surface area contributed by atoms with Gasteiger partial charge in [-0.05, 0) is 25.7 Å². The van der Waals surface area contributed by atoms with Crippen molar-refractivity contribution in [2.45, 2.75) is 38.3 Å². The van der Waals surface area contributed by atoms with Crippen molar-refractivity contribution in [3.8, 4) is 0 Å². The van der Waals surface area contributed by atoms with Crippen LogP contribution in [0.4, 0.5) is 4.39 Å². The molecule has 0 unspecified atom stereocenters. The Labute approximate surface area is 114 Å². The van der Waals surface area contributed by atoms with Crippen LogP contribution in [0.5, 0.6) is 0 Å². The lowest BCUT2D eigenvalue weighted by Gasteiger charge is -2.37. The number of ether oxygens (including phenoxy) is 2. The summed E-state index contributed by atoms with van der Waals surface area (Å²) in [5.74, 6) is -0.0239. The van der Waals surface area contributed by atoms with Crippen LogP contribution in [-0.2, 0) is 14.3 Å². The Balaban J connectivity index is 1.76. The van der Waals surface area contributed by atoms with E-state index in [-0.39, 0.29) is 19.4 Å². The number of rotatable bonds is 4. The quantitative estimate of drug-likeness (QED) is 0.732. The lowest BCUT2D eigenvalue weighted by atomic mass is 9.91. The highest BCUT2D eigenvalue weighted by Crippen LogP contribution is 2.29. The van der Waals surface area contributed by atoms with Gasteiger partial charge < -0.3 is 14.4 Å². The van der Waals surface area contributed by atoms with Crippen LogP contribution in [0.1, 0.15) is 32.6 Å². The van der Waals surface area contributed by atoms with Crippen molar-refractivity contribution in [3.63, 3.8) is 0 Å². The predicted octanol–water partition coefficient (Wildman–Crippen LogP) is 1.78. The second-order valence-electron chi connectivity index (χ2n) is 5.54. The average Bonchev–Trinajstić information content (AvgIpc) is 2.43. The Hall–Kier alpha value is -0.680. The summed E-state index contributed by atoms with van der Waals surface area (Å²) in [6.45, 7) is 5.93. The summed E-state index contributed by atoms with van der Waals surface area (Å²) in [5.41, 5.74) is -1.76. The second kappa shape index (κ2) is 6.66. The van der Waals surface area contributed by atoms with E-state index in [1.165, 1.54) is 0 Å². The summed E-state index contributed by atoms with van der Waals surface area (Å²) in [5, 5.41) is 0. The summed E-state index contributed by atoms with van der Waals surface area (Å²) in [6, 6.07) is 0. The molecule has 2 saturated heterocycles. The molecule has 5 heteroatoms. The molecule has 0 radical (unpaired) electrons. The molecule has 0 aromatic carbocycles. The highest BCUT2D eigenvalue weighted by atomic mass is 19.1. The Bertz CT molecular complexity index is 297. The first-order valence-corrected chi connectivity index (χ1v) is 7.30. The molecule has 2 aliphatic rings. The standard InChI is InChI=1S/C14H24FNO3/c1-2-19-13(17)14(15)5-7-16(8-6-14)11-12-3-9-18-10-4-12/h12H,2-11H2,1H3. The van der Waals surface area contributed by atoms with Crippen molar-refractivity contribution in [1.29, 1.82) is 0 Å². The van der Waals surface area contributed by atoms with Crippen LogP contribution in [0.3, 0.4) is 0 Å². The predicted molar refractivity (Wildman–Crippen MR) is 69.7 cm³/mol. The number of alkyl halides is 1. The van der Waals surface area contributed by atoms with Gasteiger partial charge in [-0.3, -0.25) is 0 Å². The van der Waals surface area contributed by atoms with E-state index in [4.69, 9.17) is 9.47 Å². The third-order valence-electron chi connectivity index (χ3n) is 4.15. The lowest BCUT2D eigenvalue weighted by Crippen LogP contribution is -2.48. The topological polar surface area (TPSA) is 38.8 Å². The third kappa shape index (κ3) is 3.89. The van der Waals surface area contributed by atoms with Crippen molar-refractivity contribution in [3.05, 3.63) is 0 Å². The molecule has 2 rings (SSSR count). The monoisotopic (exact) mass is 273 g/mol.